The van der Waals surface area contributed by atoms with Gasteiger partial charge in [0.15, 0.2) is 0 Å². The van der Waals surface area contributed by atoms with Gasteiger partial charge in [0.2, 0.25) is 11.8 Å². The quantitative estimate of drug-likeness (QED) is 0.404. The molecule has 0 saturated carbocycles. The number of halogens is 1. The van der Waals surface area contributed by atoms with Crippen LogP contribution in [0.25, 0.3) is 0 Å². The molecule has 0 aliphatic carbocycles. The molecule has 0 spiro atoms. The lowest BCUT2D eigenvalue weighted by Gasteiger charge is -2.12. The summed E-state index contributed by atoms with van der Waals surface area (Å²) in [5.74, 6) is -0.257. The van der Waals surface area contributed by atoms with E-state index in [4.69, 9.17) is 0 Å². The number of carbonyl (C=O) groups is 2. The average Bonchev–Trinajstić information content (AvgIpc) is 1.83. The molecule has 0 aromatic heterocycles. The van der Waals surface area contributed by atoms with Crippen molar-refractivity contribution in [3.05, 3.63) is 0 Å². The monoisotopic (exact) mass is 267 g/mol. The van der Waals surface area contributed by atoms with E-state index in [-0.39, 0.29) is 11.8 Å². The number of hydrogen-bond donors (Lipinski definition) is 1. The Labute approximate surface area is 79.1 Å². The van der Waals surface area contributed by atoms with Crippen molar-refractivity contribution in [3.8, 4) is 0 Å². The highest BCUT2D eigenvalue weighted by Gasteiger charge is 2.16. The highest BCUT2D eigenvalue weighted by molar-refractivity contribution is 14.1. The van der Waals surface area contributed by atoms with Gasteiger partial charge in [-0.25, -0.2) is 0 Å². The minimum atomic E-state index is -0.130. The molecule has 0 bridgehead atoms. The van der Waals surface area contributed by atoms with E-state index in [0.717, 1.165) is 12.8 Å². The predicted molar refractivity (Wildman–Crippen MR) is 49.4 cm³/mol. The maximum atomic E-state index is 10.9. The summed E-state index contributed by atoms with van der Waals surface area (Å²) < 4.78 is 0.390. The number of rotatable bonds is 0. The zero-order valence-electron chi connectivity index (χ0n) is 6.10. The van der Waals surface area contributed by atoms with Gasteiger partial charge in [0.25, 0.3) is 0 Å². The molecule has 1 aliphatic rings. The molecule has 1 atom stereocenters. The molecule has 1 N–H and O–H groups in total. The summed E-state index contributed by atoms with van der Waals surface area (Å²) >= 11 is 2.25. The van der Waals surface area contributed by atoms with Crippen molar-refractivity contribution in [1.82, 2.24) is 5.32 Å². The standard InChI is InChI=1S/C7H10INO2/c8-5-2-1-3-6(10)9-7(11)4-5/h5H,1-4H2,(H,9,10,11)/t5-/m0/s1. The maximum Gasteiger partial charge on any atom is 0.227 e. The molecule has 0 radical (unpaired) electrons. The molecule has 62 valence electrons. The average molecular weight is 267 g/mol. The maximum absolute atomic E-state index is 10.9. The van der Waals surface area contributed by atoms with Gasteiger partial charge >= 0.3 is 0 Å². The van der Waals surface area contributed by atoms with Gasteiger partial charge in [-0.15, -0.1) is 0 Å². The van der Waals surface area contributed by atoms with Crippen LogP contribution in [0.4, 0.5) is 0 Å². The molecule has 1 heterocycles. The SMILES string of the molecule is O=C1CCC[C@H](I)CC(=O)N1. The van der Waals surface area contributed by atoms with Crippen molar-refractivity contribution in [1.29, 1.82) is 0 Å². The number of hydrogen-bond acceptors (Lipinski definition) is 2. The fourth-order valence-electron chi connectivity index (χ4n) is 1.06. The molecule has 1 fully saturated rings. The number of carbonyl (C=O) groups excluding carboxylic acids is 2. The van der Waals surface area contributed by atoms with E-state index in [2.05, 4.69) is 27.9 Å². The largest absolute Gasteiger partial charge is 0.296 e. The Hall–Kier alpha value is -0.130. The van der Waals surface area contributed by atoms with E-state index in [0.29, 0.717) is 16.8 Å². The summed E-state index contributed by atoms with van der Waals surface area (Å²) in [6.45, 7) is 0. The highest BCUT2D eigenvalue weighted by Crippen LogP contribution is 2.16. The first-order chi connectivity index (χ1) is 5.18. The molecule has 1 aliphatic heterocycles. The van der Waals surface area contributed by atoms with Crippen LogP contribution >= 0.6 is 22.6 Å². The summed E-state index contributed by atoms with van der Waals surface area (Å²) in [5.41, 5.74) is 0. The Kier molecular flexibility index (Phi) is 3.29. The normalized spacial score (nSPS) is 27.2. The van der Waals surface area contributed by atoms with E-state index in [1.54, 1.807) is 0 Å². The Morgan fingerprint density at radius 2 is 2.09 bits per heavy atom. The fraction of sp³-hybridized carbons (Fsp3) is 0.714. The minimum absolute atomic E-state index is 0.127. The highest BCUT2D eigenvalue weighted by atomic mass is 127. The first-order valence-corrected chi connectivity index (χ1v) is 4.90. The summed E-state index contributed by atoms with van der Waals surface area (Å²) in [5, 5.41) is 2.33. The molecule has 1 saturated heterocycles. The number of imide groups is 1. The number of alkyl halides is 1. The Morgan fingerprint density at radius 1 is 1.36 bits per heavy atom. The molecule has 0 aromatic rings. The number of nitrogens with one attached hydrogen (secondary N) is 1. The second-order valence-corrected chi connectivity index (χ2v) is 4.43. The van der Waals surface area contributed by atoms with Crippen molar-refractivity contribution in [2.24, 2.45) is 0 Å². The molecule has 1 rings (SSSR count). The first kappa shape index (κ1) is 8.96. The van der Waals surface area contributed by atoms with E-state index in [1.165, 1.54) is 0 Å². The van der Waals surface area contributed by atoms with Crippen LogP contribution in [-0.2, 0) is 9.59 Å². The summed E-state index contributed by atoms with van der Waals surface area (Å²) in [4.78, 5) is 21.7. The predicted octanol–water partition coefficient (Wildman–Crippen LogP) is 1.01. The van der Waals surface area contributed by atoms with Crippen molar-refractivity contribution < 1.29 is 9.59 Å². The van der Waals surface area contributed by atoms with Crippen molar-refractivity contribution in [3.63, 3.8) is 0 Å². The Morgan fingerprint density at radius 3 is 2.82 bits per heavy atom. The van der Waals surface area contributed by atoms with Gasteiger partial charge in [-0.05, 0) is 12.8 Å². The van der Waals surface area contributed by atoms with E-state index in [1.807, 2.05) is 0 Å². The smallest absolute Gasteiger partial charge is 0.227 e. The van der Waals surface area contributed by atoms with Crippen molar-refractivity contribution in [2.45, 2.75) is 29.6 Å². The molecule has 0 unspecified atom stereocenters. The van der Waals surface area contributed by atoms with Crippen LogP contribution in [0.15, 0.2) is 0 Å². The Bertz CT molecular complexity index is 181. The first-order valence-electron chi connectivity index (χ1n) is 3.65. The third-order valence-electron chi connectivity index (χ3n) is 1.61. The van der Waals surface area contributed by atoms with Crippen LogP contribution in [0.5, 0.6) is 0 Å². The van der Waals surface area contributed by atoms with E-state index >= 15 is 0 Å². The lowest BCUT2D eigenvalue weighted by molar-refractivity contribution is -0.130. The molecular formula is C7H10INO2. The fourth-order valence-corrected chi connectivity index (χ4v) is 1.90. The number of amides is 2. The Balaban J connectivity index is 2.47. The van der Waals surface area contributed by atoms with Crippen LogP contribution < -0.4 is 5.32 Å². The van der Waals surface area contributed by atoms with Crippen LogP contribution in [-0.4, -0.2) is 15.7 Å². The topological polar surface area (TPSA) is 46.2 Å². The van der Waals surface area contributed by atoms with Gasteiger partial charge < -0.3 is 0 Å². The van der Waals surface area contributed by atoms with Gasteiger partial charge in [-0.2, -0.15) is 0 Å². The van der Waals surface area contributed by atoms with Crippen LogP contribution in [0.1, 0.15) is 25.7 Å². The summed E-state index contributed by atoms with van der Waals surface area (Å²) in [6, 6.07) is 0. The van der Waals surface area contributed by atoms with Gasteiger partial charge in [0.05, 0.1) is 0 Å². The zero-order valence-corrected chi connectivity index (χ0v) is 8.26. The van der Waals surface area contributed by atoms with E-state index in [9.17, 15) is 9.59 Å². The summed E-state index contributed by atoms with van der Waals surface area (Å²) in [7, 11) is 0. The zero-order chi connectivity index (χ0) is 8.27. The van der Waals surface area contributed by atoms with Gasteiger partial charge in [-0.1, -0.05) is 22.6 Å². The molecule has 0 aromatic carbocycles. The third-order valence-corrected chi connectivity index (χ3v) is 2.67. The van der Waals surface area contributed by atoms with Crippen LogP contribution in [0.3, 0.4) is 0 Å². The van der Waals surface area contributed by atoms with E-state index < -0.39 is 0 Å². The minimum Gasteiger partial charge on any atom is -0.296 e. The molecule has 4 heteroatoms. The van der Waals surface area contributed by atoms with Crippen LogP contribution in [0, 0.1) is 0 Å². The second-order valence-electron chi connectivity index (χ2n) is 2.66. The van der Waals surface area contributed by atoms with Crippen molar-refractivity contribution in [2.75, 3.05) is 0 Å². The molecule has 3 nitrogen and oxygen atoms in total. The lowest BCUT2D eigenvalue weighted by atomic mass is 10.1. The van der Waals surface area contributed by atoms with Gasteiger partial charge in [0.1, 0.15) is 0 Å². The lowest BCUT2D eigenvalue weighted by Crippen LogP contribution is -2.33. The van der Waals surface area contributed by atoms with Gasteiger partial charge in [-0.3, -0.25) is 14.9 Å². The van der Waals surface area contributed by atoms with Gasteiger partial charge in [0, 0.05) is 16.8 Å². The molecule has 11 heavy (non-hydrogen) atoms. The third kappa shape index (κ3) is 3.18. The van der Waals surface area contributed by atoms with Crippen LogP contribution in [0.2, 0.25) is 0 Å². The summed E-state index contributed by atoms with van der Waals surface area (Å²) in [6.07, 6.45) is 2.84. The second kappa shape index (κ2) is 4.04. The molecular weight excluding hydrogens is 257 g/mol. The van der Waals surface area contributed by atoms with Crippen molar-refractivity contribution >= 4 is 34.4 Å². The molecule has 2 amide bonds.